The van der Waals surface area contributed by atoms with Crippen molar-refractivity contribution in [3.05, 3.63) is 23.9 Å². The first kappa shape index (κ1) is 19.2. The van der Waals surface area contributed by atoms with E-state index >= 15 is 0 Å². The standard InChI is InChI=1S/C20H26N4O3/c1-20(2,3)27-18(25)7-5-15-10-16-13-23(8-9-24(16)19(15)26)17-6-4-14(11-21)12-22-17/h4,6,12,15-16H,5,7-10,13H2,1-3H3/t15-,16-/m0/s1. The highest BCUT2D eigenvalue weighted by Crippen LogP contribution is 2.32. The van der Waals surface area contributed by atoms with Gasteiger partial charge in [0.15, 0.2) is 0 Å². The average Bonchev–Trinajstić information content (AvgIpc) is 2.94. The van der Waals surface area contributed by atoms with E-state index in [1.54, 1.807) is 12.3 Å². The lowest BCUT2D eigenvalue weighted by Gasteiger charge is -2.38. The van der Waals surface area contributed by atoms with Crippen LogP contribution in [0.25, 0.3) is 0 Å². The quantitative estimate of drug-likeness (QED) is 0.755. The molecule has 2 saturated heterocycles. The highest BCUT2D eigenvalue weighted by molar-refractivity contribution is 5.82. The Bertz CT molecular complexity index is 748. The van der Waals surface area contributed by atoms with E-state index in [0.717, 1.165) is 25.3 Å². The molecule has 0 N–H and O–H groups in total. The fourth-order valence-corrected chi connectivity index (χ4v) is 3.78. The number of ether oxygens (including phenoxy) is 1. The molecule has 3 heterocycles. The summed E-state index contributed by atoms with van der Waals surface area (Å²) in [7, 11) is 0. The molecule has 1 amide bonds. The van der Waals surface area contributed by atoms with E-state index in [-0.39, 0.29) is 30.3 Å². The van der Waals surface area contributed by atoms with E-state index in [1.807, 2.05) is 31.7 Å². The molecule has 2 aliphatic rings. The van der Waals surface area contributed by atoms with Crippen LogP contribution in [-0.2, 0) is 14.3 Å². The molecule has 7 heteroatoms. The Balaban J connectivity index is 1.56. The molecule has 1 aromatic rings. The van der Waals surface area contributed by atoms with Gasteiger partial charge in [0, 0.05) is 38.2 Å². The van der Waals surface area contributed by atoms with Gasteiger partial charge in [0.05, 0.1) is 11.6 Å². The molecule has 2 atom stereocenters. The first-order valence-corrected chi connectivity index (χ1v) is 9.40. The maximum absolute atomic E-state index is 12.7. The van der Waals surface area contributed by atoms with Gasteiger partial charge in [-0.25, -0.2) is 4.98 Å². The van der Waals surface area contributed by atoms with Crippen molar-refractivity contribution < 1.29 is 14.3 Å². The number of fused-ring (bicyclic) bond motifs is 1. The summed E-state index contributed by atoms with van der Waals surface area (Å²) in [5, 5.41) is 8.89. The molecule has 27 heavy (non-hydrogen) atoms. The summed E-state index contributed by atoms with van der Waals surface area (Å²) in [5.41, 5.74) is 0.0405. The third kappa shape index (κ3) is 4.57. The van der Waals surface area contributed by atoms with Crippen LogP contribution in [-0.4, -0.2) is 53.0 Å². The number of hydrogen-bond acceptors (Lipinski definition) is 6. The third-order valence-electron chi connectivity index (χ3n) is 4.99. The normalized spacial score (nSPS) is 22.4. The average molecular weight is 370 g/mol. The fourth-order valence-electron chi connectivity index (χ4n) is 3.78. The van der Waals surface area contributed by atoms with Gasteiger partial charge in [0.1, 0.15) is 17.5 Å². The summed E-state index contributed by atoms with van der Waals surface area (Å²) < 4.78 is 5.34. The van der Waals surface area contributed by atoms with E-state index in [2.05, 4.69) is 16.0 Å². The number of esters is 1. The monoisotopic (exact) mass is 370 g/mol. The Hall–Kier alpha value is -2.62. The minimum atomic E-state index is -0.497. The van der Waals surface area contributed by atoms with Crippen molar-refractivity contribution in [2.24, 2.45) is 5.92 Å². The second-order valence-electron chi connectivity index (χ2n) is 8.21. The molecular formula is C20H26N4O3. The summed E-state index contributed by atoms with van der Waals surface area (Å²) in [6, 6.07) is 5.83. The van der Waals surface area contributed by atoms with Crippen molar-refractivity contribution in [2.75, 3.05) is 24.5 Å². The van der Waals surface area contributed by atoms with E-state index in [4.69, 9.17) is 10.00 Å². The zero-order valence-corrected chi connectivity index (χ0v) is 16.1. The number of rotatable bonds is 4. The van der Waals surface area contributed by atoms with Crippen molar-refractivity contribution in [1.29, 1.82) is 5.26 Å². The molecular weight excluding hydrogens is 344 g/mol. The SMILES string of the molecule is CC(C)(C)OC(=O)CC[C@H]1C[C@H]2CN(c3ccc(C#N)cn3)CCN2C1=O. The van der Waals surface area contributed by atoms with Crippen LogP contribution in [0.4, 0.5) is 5.82 Å². The topological polar surface area (TPSA) is 86.5 Å². The lowest BCUT2D eigenvalue weighted by Crippen LogP contribution is -2.51. The summed E-state index contributed by atoms with van der Waals surface area (Å²) in [6.45, 7) is 7.65. The van der Waals surface area contributed by atoms with Crippen LogP contribution in [0.2, 0.25) is 0 Å². The molecule has 0 bridgehead atoms. The first-order valence-electron chi connectivity index (χ1n) is 9.40. The van der Waals surface area contributed by atoms with Crippen LogP contribution in [0.1, 0.15) is 45.6 Å². The van der Waals surface area contributed by atoms with Crippen LogP contribution in [0, 0.1) is 17.2 Å². The minimum Gasteiger partial charge on any atom is -0.460 e. The number of pyridine rings is 1. The molecule has 1 aromatic heterocycles. The number of hydrogen-bond donors (Lipinski definition) is 0. The van der Waals surface area contributed by atoms with Crippen molar-refractivity contribution >= 4 is 17.7 Å². The van der Waals surface area contributed by atoms with E-state index in [0.29, 0.717) is 18.5 Å². The Labute approximate surface area is 159 Å². The molecule has 7 nitrogen and oxygen atoms in total. The van der Waals surface area contributed by atoms with Gasteiger partial charge < -0.3 is 14.5 Å². The molecule has 0 spiro atoms. The van der Waals surface area contributed by atoms with E-state index < -0.39 is 5.60 Å². The smallest absolute Gasteiger partial charge is 0.306 e. The Morgan fingerprint density at radius 1 is 1.37 bits per heavy atom. The highest BCUT2D eigenvalue weighted by Gasteiger charge is 2.42. The van der Waals surface area contributed by atoms with Gasteiger partial charge in [0.2, 0.25) is 5.91 Å². The van der Waals surface area contributed by atoms with Gasteiger partial charge in [-0.1, -0.05) is 0 Å². The Morgan fingerprint density at radius 3 is 2.78 bits per heavy atom. The minimum absolute atomic E-state index is 0.114. The molecule has 144 valence electrons. The van der Waals surface area contributed by atoms with Gasteiger partial charge in [-0.2, -0.15) is 5.26 Å². The van der Waals surface area contributed by atoms with Crippen molar-refractivity contribution in [3.8, 4) is 6.07 Å². The summed E-state index contributed by atoms with van der Waals surface area (Å²) >= 11 is 0. The number of carbonyl (C=O) groups is 2. The highest BCUT2D eigenvalue weighted by atomic mass is 16.6. The van der Waals surface area contributed by atoms with E-state index in [9.17, 15) is 9.59 Å². The first-order chi connectivity index (χ1) is 12.8. The van der Waals surface area contributed by atoms with Crippen LogP contribution in [0.5, 0.6) is 0 Å². The van der Waals surface area contributed by atoms with E-state index in [1.165, 1.54) is 0 Å². The zero-order chi connectivity index (χ0) is 19.6. The summed E-state index contributed by atoms with van der Waals surface area (Å²) in [4.78, 5) is 33.1. The fraction of sp³-hybridized carbons (Fsp3) is 0.600. The van der Waals surface area contributed by atoms with Gasteiger partial charge in [-0.3, -0.25) is 9.59 Å². The number of amides is 1. The molecule has 0 aromatic carbocycles. The predicted octanol–water partition coefficient (Wildman–Crippen LogP) is 2.11. The lowest BCUT2D eigenvalue weighted by atomic mass is 9.99. The second kappa shape index (κ2) is 7.55. The molecule has 0 radical (unpaired) electrons. The molecule has 0 saturated carbocycles. The van der Waals surface area contributed by atoms with Gasteiger partial charge in [-0.05, 0) is 45.7 Å². The van der Waals surface area contributed by atoms with Crippen LogP contribution in [0.15, 0.2) is 18.3 Å². The Morgan fingerprint density at radius 2 is 2.15 bits per heavy atom. The number of nitrogens with zero attached hydrogens (tertiary/aromatic N) is 4. The molecule has 0 aliphatic carbocycles. The number of carbonyl (C=O) groups excluding carboxylic acids is 2. The molecule has 3 rings (SSSR count). The van der Waals surface area contributed by atoms with Gasteiger partial charge in [0.25, 0.3) is 0 Å². The maximum Gasteiger partial charge on any atom is 0.306 e. The van der Waals surface area contributed by atoms with Crippen molar-refractivity contribution in [2.45, 2.75) is 51.7 Å². The number of anilines is 1. The van der Waals surface area contributed by atoms with Crippen molar-refractivity contribution in [1.82, 2.24) is 9.88 Å². The Kier molecular flexibility index (Phi) is 5.36. The maximum atomic E-state index is 12.7. The van der Waals surface area contributed by atoms with Crippen LogP contribution < -0.4 is 4.90 Å². The van der Waals surface area contributed by atoms with Crippen molar-refractivity contribution in [3.63, 3.8) is 0 Å². The van der Waals surface area contributed by atoms with Crippen LogP contribution in [0.3, 0.4) is 0 Å². The number of nitriles is 1. The predicted molar refractivity (Wildman–Crippen MR) is 99.9 cm³/mol. The van der Waals surface area contributed by atoms with Gasteiger partial charge in [-0.15, -0.1) is 0 Å². The molecule has 2 aliphatic heterocycles. The molecule has 2 fully saturated rings. The summed E-state index contributed by atoms with van der Waals surface area (Å²) in [5.74, 6) is 0.620. The zero-order valence-electron chi connectivity index (χ0n) is 16.1. The third-order valence-corrected chi connectivity index (χ3v) is 4.99. The largest absolute Gasteiger partial charge is 0.460 e. The second-order valence-corrected chi connectivity index (χ2v) is 8.21. The number of piperazine rings is 1. The lowest BCUT2D eigenvalue weighted by molar-refractivity contribution is -0.155. The molecule has 0 unspecified atom stereocenters. The number of aromatic nitrogens is 1. The van der Waals surface area contributed by atoms with Gasteiger partial charge >= 0.3 is 5.97 Å². The summed E-state index contributed by atoms with van der Waals surface area (Å²) in [6.07, 6.45) is 3.14. The van der Waals surface area contributed by atoms with Crippen LogP contribution >= 0.6 is 0 Å².